The number of likely N-dealkylation sites (tertiary alicyclic amines) is 1. The number of carboxylic acids is 1. The van der Waals surface area contributed by atoms with E-state index >= 15 is 0 Å². The van der Waals surface area contributed by atoms with Crippen molar-refractivity contribution in [3.05, 3.63) is 11.3 Å². The standard InChI is InChI=1S/C17H23N3O5/c1-8(21)11-13-17(4-5-17)9(12(16(24)25)20(13)15(11)23)7-19-6-2-3-10(19)14(18)22/h8,10-11,13,21H,2-7H2,1H3,(H2,18,22)(H,24,25)/t8-,10+,11-,13?/m1/s1. The fourth-order valence-electron chi connectivity index (χ4n) is 5.12. The zero-order chi connectivity index (χ0) is 18.1. The Bertz CT molecular complexity index is 696. The Hall–Kier alpha value is -1.93. The third-order valence-electron chi connectivity index (χ3n) is 6.40. The number of amides is 2. The summed E-state index contributed by atoms with van der Waals surface area (Å²) in [5.41, 5.74) is 5.91. The molecule has 1 spiro atoms. The molecule has 0 radical (unpaired) electrons. The van der Waals surface area contributed by atoms with E-state index in [1.54, 1.807) is 6.92 Å². The minimum atomic E-state index is -1.11. The van der Waals surface area contributed by atoms with Crippen molar-refractivity contribution in [2.45, 2.75) is 50.8 Å². The molecule has 2 amide bonds. The Morgan fingerprint density at radius 3 is 2.60 bits per heavy atom. The predicted octanol–water partition coefficient (Wildman–Crippen LogP) is -0.724. The number of hydrogen-bond donors (Lipinski definition) is 3. The highest BCUT2D eigenvalue weighted by Crippen LogP contribution is 2.67. The van der Waals surface area contributed by atoms with Gasteiger partial charge in [-0.2, -0.15) is 0 Å². The number of nitrogens with zero attached hydrogens (tertiary/aromatic N) is 2. The molecule has 3 heterocycles. The second-order valence-corrected chi connectivity index (χ2v) is 7.74. The van der Waals surface area contributed by atoms with Gasteiger partial charge in [-0.05, 0) is 44.7 Å². The molecule has 4 atom stereocenters. The largest absolute Gasteiger partial charge is 0.477 e. The van der Waals surface area contributed by atoms with Crippen LogP contribution in [-0.4, -0.2) is 69.1 Å². The van der Waals surface area contributed by atoms with Gasteiger partial charge in [0.25, 0.3) is 0 Å². The lowest BCUT2D eigenvalue weighted by Gasteiger charge is -2.47. The number of aliphatic hydroxyl groups excluding tert-OH is 1. The minimum Gasteiger partial charge on any atom is -0.477 e. The lowest BCUT2D eigenvalue weighted by atomic mass is 9.74. The van der Waals surface area contributed by atoms with Gasteiger partial charge in [-0.15, -0.1) is 0 Å². The van der Waals surface area contributed by atoms with E-state index in [2.05, 4.69) is 0 Å². The van der Waals surface area contributed by atoms with Crippen molar-refractivity contribution < 1.29 is 24.6 Å². The fourth-order valence-corrected chi connectivity index (χ4v) is 5.12. The Kier molecular flexibility index (Phi) is 3.49. The molecule has 8 heteroatoms. The molecular weight excluding hydrogens is 326 g/mol. The highest BCUT2D eigenvalue weighted by molar-refractivity contribution is 6.01. The van der Waals surface area contributed by atoms with Crippen molar-refractivity contribution in [3.8, 4) is 0 Å². The van der Waals surface area contributed by atoms with Crippen molar-refractivity contribution >= 4 is 17.8 Å². The third-order valence-corrected chi connectivity index (χ3v) is 6.40. The number of carboxylic acid groups (broad SMARTS) is 1. The molecule has 0 aromatic heterocycles. The van der Waals surface area contributed by atoms with Gasteiger partial charge in [-0.1, -0.05) is 0 Å². The number of fused-ring (bicyclic) bond motifs is 2. The van der Waals surface area contributed by atoms with Crippen molar-refractivity contribution in [2.75, 3.05) is 13.1 Å². The summed E-state index contributed by atoms with van der Waals surface area (Å²) in [7, 11) is 0. The molecule has 25 heavy (non-hydrogen) atoms. The van der Waals surface area contributed by atoms with Crippen LogP contribution >= 0.6 is 0 Å². The second kappa shape index (κ2) is 5.28. The Morgan fingerprint density at radius 2 is 2.08 bits per heavy atom. The van der Waals surface area contributed by atoms with E-state index in [9.17, 15) is 24.6 Å². The number of β-lactam (4-membered cyclic amide) rings is 1. The maximum atomic E-state index is 12.5. The van der Waals surface area contributed by atoms with Gasteiger partial charge in [-0.25, -0.2) is 4.79 Å². The molecule has 3 fully saturated rings. The van der Waals surface area contributed by atoms with E-state index in [0.29, 0.717) is 19.5 Å². The summed E-state index contributed by atoms with van der Waals surface area (Å²) in [4.78, 5) is 39.3. The zero-order valence-electron chi connectivity index (χ0n) is 14.1. The van der Waals surface area contributed by atoms with Crippen molar-refractivity contribution in [1.82, 2.24) is 9.80 Å². The molecular formula is C17H23N3O5. The van der Waals surface area contributed by atoms with Gasteiger partial charge < -0.3 is 20.8 Å². The van der Waals surface area contributed by atoms with Gasteiger partial charge >= 0.3 is 5.97 Å². The average Bonchev–Trinajstić information content (AvgIpc) is 3.08. The summed E-state index contributed by atoms with van der Waals surface area (Å²) in [6, 6.07) is -0.648. The molecule has 0 aromatic carbocycles. The van der Waals surface area contributed by atoms with Crippen molar-refractivity contribution in [3.63, 3.8) is 0 Å². The Labute approximate surface area is 145 Å². The number of nitrogens with two attached hydrogens (primary N) is 1. The lowest BCUT2D eigenvalue weighted by molar-refractivity contribution is -0.164. The molecule has 4 N–H and O–H groups in total. The quantitative estimate of drug-likeness (QED) is 0.563. The SMILES string of the molecule is C[C@@H](O)[C@H]1C(=O)N2C(C(=O)O)=C(CN3CCC[C@H]3C(N)=O)C3(CC3)C12. The maximum absolute atomic E-state index is 12.5. The number of hydrogen-bond acceptors (Lipinski definition) is 5. The van der Waals surface area contributed by atoms with E-state index in [0.717, 1.165) is 24.8 Å². The van der Waals surface area contributed by atoms with Crippen LogP contribution in [0, 0.1) is 11.3 Å². The zero-order valence-corrected chi connectivity index (χ0v) is 14.1. The minimum absolute atomic E-state index is 0.0551. The van der Waals surface area contributed by atoms with E-state index in [1.165, 1.54) is 4.90 Å². The highest BCUT2D eigenvalue weighted by atomic mass is 16.4. The van der Waals surface area contributed by atoms with E-state index in [-0.39, 0.29) is 35.0 Å². The smallest absolute Gasteiger partial charge is 0.352 e. The number of aliphatic carboxylic acids is 1. The molecule has 1 saturated carbocycles. The first-order valence-corrected chi connectivity index (χ1v) is 8.81. The molecule has 0 bridgehead atoms. The van der Waals surface area contributed by atoms with Gasteiger partial charge in [-0.3, -0.25) is 14.5 Å². The average molecular weight is 349 g/mol. The predicted molar refractivity (Wildman–Crippen MR) is 85.9 cm³/mol. The number of aliphatic hydroxyl groups is 1. The number of carbonyl (C=O) groups is 3. The highest BCUT2D eigenvalue weighted by Gasteiger charge is 2.71. The Morgan fingerprint density at radius 1 is 1.40 bits per heavy atom. The molecule has 0 aromatic rings. The van der Waals surface area contributed by atoms with E-state index in [1.807, 2.05) is 4.90 Å². The van der Waals surface area contributed by atoms with Crippen LogP contribution in [-0.2, 0) is 14.4 Å². The van der Waals surface area contributed by atoms with Crippen LogP contribution in [0.4, 0.5) is 0 Å². The summed E-state index contributed by atoms with van der Waals surface area (Å²) >= 11 is 0. The van der Waals surface area contributed by atoms with Gasteiger partial charge in [0.05, 0.1) is 24.1 Å². The van der Waals surface area contributed by atoms with Crippen LogP contribution in [0.5, 0.6) is 0 Å². The molecule has 136 valence electrons. The number of primary amides is 1. The van der Waals surface area contributed by atoms with Crippen LogP contribution in [0.1, 0.15) is 32.6 Å². The molecule has 1 aliphatic carbocycles. The number of rotatable bonds is 5. The van der Waals surface area contributed by atoms with Crippen LogP contribution in [0.2, 0.25) is 0 Å². The fraction of sp³-hybridized carbons (Fsp3) is 0.706. The van der Waals surface area contributed by atoms with Crippen LogP contribution in [0.3, 0.4) is 0 Å². The summed E-state index contributed by atoms with van der Waals surface area (Å²) in [5, 5.41) is 19.7. The lowest BCUT2D eigenvalue weighted by Crippen LogP contribution is -2.64. The van der Waals surface area contributed by atoms with Crippen molar-refractivity contribution in [2.24, 2.45) is 17.1 Å². The topological polar surface area (TPSA) is 124 Å². The first kappa shape index (κ1) is 16.5. The molecule has 1 unspecified atom stereocenters. The molecule has 4 aliphatic rings. The van der Waals surface area contributed by atoms with Gasteiger partial charge in [0.1, 0.15) is 5.70 Å². The van der Waals surface area contributed by atoms with Gasteiger partial charge in [0, 0.05) is 12.0 Å². The van der Waals surface area contributed by atoms with Gasteiger partial charge in [0.2, 0.25) is 11.8 Å². The van der Waals surface area contributed by atoms with Crippen LogP contribution in [0.15, 0.2) is 11.3 Å². The number of carbonyl (C=O) groups excluding carboxylic acids is 2. The monoisotopic (exact) mass is 349 g/mol. The summed E-state index contributed by atoms with van der Waals surface area (Å²) in [6.07, 6.45) is 2.35. The first-order chi connectivity index (χ1) is 11.8. The van der Waals surface area contributed by atoms with E-state index in [4.69, 9.17) is 5.73 Å². The summed E-state index contributed by atoms with van der Waals surface area (Å²) in [6.45, 7) is 2.62. The van der Waals surface area contributed by atoms with Crippen molar-refractivity contribution in [1.29, 1.82) is 0 Å². The first-order valence-electron chi connectivity index (χ1n) is 8.81. The summed E-state index contributed by atoms with van der Waals surface area (Å²) < 4.78 is 0. The molecule has 3 aliphatic heterocycles. The van der Waals surface area contributed by atoms with Gasteiger partial charge in [0.15, 0.2) is 0 Å². The summed E-state index contributed by atoms with van der Waals surface area (Å²) in [5.74, 6) is -2.36. The normalized spacial score (nSPS) is 34.2. The maximum Gasteiger partial charge on any atom is 0.352 e. The molecule has 8 nitrogen and oxygen atoms in total. The van der Waals surface area contributed by atoms with E-state index < -0.39 is 18.0 Å². The molecule has 4 rings (SSSR count). The second-order valence-electron chi connectivity index (χ2n) is 7.74. The Balaban J connectivity index is 1.70. The van der Waals surface area contributed by atoms with Crippen LogP contribution < -0.4 is 5.73 Å². The third kappa shape index (κ3) is 2.10. The molecule has 2 saturated heterocycles. The van der Waals surface area contributed by atoms with Crippen LogP contribution in [0.25, 0.3) is 0 Å².